The molecule has 3 aromatic rings. The Labute approximate surface area is 201 Å². The van der Waals surface area contributed by atoms with Crippen molar-refractivity contribution < 1.29 is 17.5 Å². The molecule has 0 bridgehead atoms. The molecule has 34 heavy (non-hydrogen) atoms. The average Bonchev–Trinajstić information content (AvgIpc) is 3.00. The van der Waals surface area contributed by atoms with E-state index in [0.29, 0.717) is 23.7 Å². The van der Waals surface area contributed by atoms with Crippen molar-refractivity contribution in [3.8, 4) is 5.75 Å². The van der Waals surface area contributed by atoms with Crippen LogP contribution in [0.4, 0.5) is 15.8 Å². The van der Waals surface area contributed by atoms with Crippen LogP contribution in [0.2, 0.25) is 0 Å². The third-order valence-corrected chi connectivity index (χ3v) is 7.60. The molecule has 3 aromatic carbocycles. The highest BCUT2D eigenvalue weighted by atomic mass is 32.2. The van der Waals surface area contributed by atoms with Crippen molar-refractivity contribution in [3.05, 3.63) is 83.2 Å². The van der Waals surface area contributed by atoms with Crippen LogP contribution >= 0.6 is 0 Å². The highest BCUT2D eigenvalue weighted by Crippen LogP contribution is 2.34. The molecular formula is C26H30FN3O3S. The maximum absolute atomic E-state index is 13.5. The van der Waals surface area contributed by atoms with Gasteiger partial charge < -0.3 is 14.5 Å². The highest BCUT2D eigenvalue weighted by Gasteiger charge is 2.23. The molecule has 4 rings (SSSR count). The van der Waals surface area contributed by atoms with E-state index < -0.39 is 10.0 Å². The van der Waals surface area contributed by atoms with Crippen molar-refractivity contribution in [2.75, 3.05) is 43.9 Å². The molecule has 8 heteroatoms. The van der Waals surface area contributed by atoms with E-state index in [-0.39, 0.29) is 10.7 Å². The molecule has 0 aromatic heterocycles. The number of likely N-dealkylation sites (N-methyl/N-ethyl adjacent to an activating group) is 1. The van der Waals surface area contributed by atoms with Gasteiger partial charge in [-0.15, -0.1) is 0 Å². The van der Waals surface area contributed by atoms with E-state index in [4.69, 9.17) is 4.74 Å². The standard InChI is InChI=1S/C26H30FN3O3S/c1-29-14-12-20-16-23(25(33-3)17-21(20)13-15-29)28-34(31,32)26-7-5-4-6-24(26)30(2)18-19-8-10-22(27)11-9-19/h4-11,16-17,28H,12-15,18H2,1-3H3. The van der Waals surface area contributed by atoms with Crippen LogP contribution in [-0.4, -0.2) is 47.6 Å². The zero-order chi connectivity index (χ0) is 24.3. The summed E-state index contributed by atoms with van der Waals surface area (Å²) in [5.74, 6) is 0.198. The van der Waals surface area contributed by atoms with Gasteiger partial charge in [0.1, 0.15) is 16.5 Å². The fraction of sp³-hybridized carbons (Fsp3) is 0.308. The Morgan fingerprint density at radius 1 is 1.03 bits per heavy atom. The van der Waals surface area contributed by atoms with Gasteiger partial charge in [-0.05, 0) is 73.0 Å². The number of hydrogen-bond donors (Lipinski definition) is 1. The van der Waals surface area contributed by atoms with Gasteiger partial charge in [-0.25, -0.2) is 12.8 Å². The minimum atomic E-state index is -3.91. The molecule has 0 saturated heterocycles. The van der Waals surface area contributed by atoms with Crippen molar-refractivity contribution in [2.45, 2.75) is 24.3 Å². The number of nitrogens with zero attached hydrogens (tertiary/aromatic N) is 2. The lowest BCUT2D eigenvalue weighted by Crippen LogP contribution is -2.22. The number of fused-ring (bicyclic) bond motifs is 1. The SMILES string of the molecule is COc1cc2c(cc1NS(=O)(=O)c1ccccc1N(C)Cc1ccc(F)cc1)CCN(C)CC2. The second kappa shape index (κ2) is 10.0. The fourth-order valence-electron chi connectivity index (χ4n) is 4.26. The van der Waals surface area contributed by atoms with E-state index in [1.54, 1.807) is 43.5 Å². The molecule has 0 aliphatic carbocycles. The lowest BCUT2D eigenvalue weighted by Gasteiger charge is -2.23. The maximum Gasteiger partial charge on any atom is 0.264 e. The van der Waals surface area contributed by atoms with E-state index in [0.717, 1.165) is 37.1 Å². The third kappa shape index (κ3) is 5.34. The molecule has 0 radical (unpaired) electrons. The number of benzene rings is 3. The highest BCUT2D eigenvalue weighted by molar-refractivity contribution is 7.92. The summed E-state index contributed by atoms with van der Waals surface area (Å²) in [5.41, 5.74) is 4.17. The summed E-state index contributed by atoms with van der Waals surface area (Å²) in [6.45, 7) is 2.31. The number of para-hydroxylation sites is 1. The molecule has 1 N–H and O–H groups in total. The monoisotopic (exact) mass is 483 g/mol. The van der Waals surface area contributed by atoms with Crippen LogP contribution < -0.4 is 14.4 Å². The van der Waals surface area contributed by atoms with Crippen molar-refractivity contribution >= 4 is 21.4 Å². The van der Waals surface area contributed by atoms with Crippen molar-refractivity contribution in [2.24, 2.45) is 0 Å². The quantitative estimate of drug-likeness (QED) is 0.543. The normalized spacial score (nSPS) is 14.2. The summed E-state index contributed by atoms with van der Waals surface area (Å²) in [6.07, 6.45) is 1.74. The second-order valence-electron chi connectivity index (χ2n) is 8.68. The van der Waals surface area contributed by atoms with E-state index in [1.807, 2.05) is 24.1 Å². The molecule has 1 aliphatic heterocycles. The number of methoxy groups -OCH3 is 1. The summed E-state index contributed by atoms with van der Waals surface area (Å²) >= 11 is 0. The Bertz CT molecular complexity index is 1260. The Kier molecular flexibility index (Phi) is 7.09. The Morgan fingerprint density at radius 3 is 2.35 bits per heavy atom. The first-order valence-electron chi connectivity index (χ1n) is 11.2. The molecule has 0 atom stereocenters. The number of nitrogens with one attached hydrogen (secondary N) is 1. The summed E-state index contributed by atoms with van der Waals surface area (Å²) in [7, 11) is 1.55. The fourth-order valence-corrected chi connectivity index (χ4v) is 5.58. The minimum absolute atomic E-state index is 0.163. The smallest absolute Gasteiger partial charge is 0.264 e. The molecule has 6 nitrogen and oxygen atoms in total. The Balaban J connectivity index is 1.64. The predicted octanol–water partition coefficient (Wildman–Crippen LogP) is 4.30. The van der Waals surface area contributed by atoms with Gasteiger partial charge in [0.15, 0.2) is 0 Å². The summed E-state index contributed by atoms with van der Waals surface area (Å²) in [4.78, 5) is 4.27. The predicted molar refractivity (Wildman–Crippen MR) is 134 cm³/mol. The number of rotatable bonds is 7. The van der Waals surface area contributed by atoms with Gasteiger partial charge in [-0.3, -0.25) is 4.72 Å². The van der Waals surface area contributed by atoms with E-state index >= 15 is 0 Å². The molecule has 0 fully saturated rings. The first-order chi connectivity index (χ1) is 16.3. The van der Waals surface area contributed by atoms with E-state index in [9.17, 15) is 12.8 Å². The summed E-state index contributed by atoms with van der Waals surface area (Å²) in [6, 6.07) is 16.9. The van der Waals surface area contributed by atoms with Gasteiger partial charge in [0.25, 0.3) is 10.0 Å². The Morgan fingerprint density at radius 2 is 1.68 bits per heavy atom. The number of anilines is 2. The van der Waals surface area contributed by atoms with Crippen molar-refractivity contribution in [3.63, 3.8) is 0 Å². The van der Waals surface area contributed by atoms with Crippen LogP contribution in [0.3, 0.4) is 0 Å². The summed E-state index contributed by atoms with van der Waals surface area (Å²) in [5, 5.41) is 0. The van der Waals surface area contributed by atoms with Crippen LogP contribution in [0.5, 0.6) is 5.75 Å². The van der Waals surface area contributed by atoms with Gasteiger partial charge in [-0.2, -0.15) is 0 Å². The molecule has 180 valence electrons. The van der Waals surface area contributed by atoms with Gasteiger partial charge >= 0.3 is 0 Å². The topological polar surface area (TPSA) is 61.9 Å². The second-order valence-corrected chi connectivity index (χ2v) is 10.3. The van der Waals surface area contributed by atoms with E-state index in [2.05, 4.69) is 16.7 Å². The van der Waals surface area contributed by atoms with Gasteiger partial charge in [0.05, 0.1) is 18.5 Å². The van der Waals surface area contributed by atoms with Crippen LogP contribution in [-0.2, 0) is 29.4 Å². The maximum atomic E-state index is 13.5. The molecule has 1 heterocycles. The molecule has 1 aliphatic rings. The molecule has 0 spiro atoms. The number of ether oxygens (including phenoxy) is 1. The lowest BCUT2D eigenvalue weighted by molar-refractivity contribution is 0.352. The number of hydrogen-bond acceptors (Lipinski definition) is 5. The van der Waals surface area contributed by atoms with Gasteiger partial charge in [0.2, 0.25) is 0 Å². The Hall–Kier alpha value is -3.10. The molecule has 0 unspecified atom stereocenters. The molecule has 0 amide bonds. The zero-order valence-corrected chi connectivity index (χ0v) is 20.5. The van der Waals surface area contributed by atoms with Crippen LogP contribution in [0.25, 0.3) is 0 Å². The third-order valence-electron chi connectivity index (χ3n) is 6.19. The first kappa shape index (κ1) is 24.0. The largest absolute Gasteiger partial charge is 0.495 e. The first-order valence-corrected chi connectivity index (χ1v) is 12.7. The van der Waals surface area contributed by atoms with Crippen molar-refractivity contribution in [1.82, 2.24) is 4.90 Å². The molecular weight excluding hydrogens is 453 g/mol. The van der Waals surface area contributed by atoms with Crippen LogP contribution in [0.1, 0.15) is 16.7 Å². The van der Waals surface area contributed by atoms with Gasteiger partial charge in [-0.1, -0.05) is 24.3 Å². The van der Waals surface area contributed by atoms with E-state index in [1.165, 1.54) is 17.7 Å². The zero-order valence-electron chi connectivity index (χ0n) is 19.7. The van der Waals surface area contributed by atoms with Crippen LogP contribution in [0.15, 0.2) is 65.6 Å². The lowest BCUT2D eigenvalue weighted by atomic mass is 10.0. The minimum Gasteiger partial charge on any atom is -0.495 e. The summed E-state index contributed by atoms with van der Waals surface area (Å²) < 4.78 is 48.6. The number of halogens is 1. The van der Waals surface area contributed by atoms with Crippen molar-refractivity contribution in [1.29, 1.82) is 0 Å². The average molecular weight is 484 g/mol. The van der Waals surface area contributed by atoms with Crippen LogP contribution in [0, 0.1) is 5.82 Å². The van der Waals surface area contributed by atoms with Gasteiger partial charge in [0, 0.05) is 26.7 Å². The number of sulfonamides is 1. The molecule has 0 saturated carbocycles.